The van der Waals surface area contributed by atoms with Crippen LogP contribution in [0.2, 0.25) is 0 Å². The van der Waals surface area contributed by atoms with E-state index < -0.39 is 11.3 Å². The maximum absolute atomic E-state index is 13.3. The van der Waals surface area contributed by atoms with Crippen LogP contribution in [0.5, 0.6) is 17.2 Å². The monoisotopic (exact) mass is 440 g/mol. The first-order chi connectivity index (χ1) is 16.0. The number of amides is 2. The van der Waals surface area contributed by atoms with Crippen molar-refractivity contribution in [2.24, 2.45) is 11.1 Å². The lowest BCUT2D eigenvalue weighted by molar-refractivity contribution is -0.133. The number of pyridine rings is 2. The quantitative estimate of drug-likeness (QED) is 0.437. The Morgan fingerprint density at radius 3 is 2.45 bits per heavy atom. The Morgan fingerprint density at radius 2 is 1.79 bits per heavy atom. The zero-order valence-electron chi connectivity index (χ0n) is 17.5. The summed E-state index contributed by atoms with van der Waals surface area (Å²) in [7, 11) is 0. The van der Waals surface area contributed by atoms with E-state index in [4.69, 9.17) is 10.5 Å². The van der Waals surface area contributed by atoms with Gasteiger partial charge in [-0.2, -0.15) is 0 Å². The Balaban J connectivity index is 1.47. The predicted octanol–water partition coefficient (Wildman–Crippen LogP) is 4.06. The van der Waals surface area contributed by atoms with Crippen molar-refractivity contribution in [1.82, 2.24) is 9.97 Å². The number of rotatable bonds is 6. The molecule has 1 aliphatic carbocycles. The number of nitrogens with zero attached hydrogens (tertiary/aromatic N) is 3. The van der Waals surface area contributed by atoms with Crippen LogP contribution in [0, 0.1) is 5.41 Å². The van der Waals surface area contributed by atoms with Crippen molar-refractivity contribution >= 4 is 34.2 Å². The molecule has 2 heterocycles. The SMILES string of the molecule is NC(=O)C1(C(=O)N(c2ccccc2)c2ccc(Oc3ccnc4cc(O)ccc34)cn2)CC1. The smallest absolute Gasteiger partial charge is 0.248 e. The van der Waals surface area contributed by atoms with E-state index in [1.165, 1.54) is 11.1 Å². The number of phenolic OH excluding ortho intramolecular Hbond substituents is 1. The summed E-state index contributed by atoms with van der Waals surface area (Å²) in [6.07, 6.45) is 3.95. The molecule has 4 aromatic rings. The molecule has 5 rings (SSSR count). The Bertz CT molecular complexity index is 1350. The molecule has 0 spiro atoms. The Kier molecular flexibility index (Phi) is 4.90. The van der Waals surface area contributed by atoms with Gasteiger partial charge in [0.25, 0.3) is 0 Å². The molecule has 0 unspecified atom stereocenters. The molecule has 2 aromatic carbocycles. The summed E-state index contributed by atoms with van der Waals surface area (Å²) < 4.78 is 5.99. The van der Waals surface area contributed by atoms with E-state index in [1.807, 2.05) is 18.2 Å². The number of primary amides is 1. The number of aromatic hydroxyl groups is 1. The van der Waals surface area contributed by atoms with Gasteiger partial charge in [-0.05, 0) is 55.3 Å². The highest BCUT2D eigenvalue weighted by molar-refractivity contribution is 6.16. The molecule has 8 heteroatoms. The van der Waals surface area contributed by atoms with Crippen LogP contribution in [0.1, 0.15) is 12.8 Å². The van der Waals surface area contributed by atoms with Gasteiger partial charge >= 0.3 is 0 Å². The first-order valence-electron chi connectivity index (χ1n) is 10.4. The van der Waals surface area contributed by atoms with E-state index in [2.05, 4.69) is 9.97 Å². The van der Waals surface area contributed by atoms with Crippen molar-refractivity contribution in [1.29, 1.82) is 0 Å². The number of carbonyl (C=O) groups excluding carboxylic acids is 2. The molecule has 1 aliphatic rings. The zero-order chi connectivity index (χ0) is 23.0. The second kappa shape index (κ2) is 7.90. The van der Waals surface area contributed by atoms with Crippen molar-refractivity contribution in [3.8, 4) is 17.2 Å². The first kappa shape index (κ1) is 20.4. The lowest BCUT2D eigenvalue weighted by Crippen LogP contribution is -2.41. The molecule has 33 heavy (non-hydrogen) atoms. The lowest BCUT2D eigenvalue weighted by atomic mass is 10.0. The fraction of sp³-hybridized carbons (Fsp3) is 0.120. The summed E-state index contributed by atoms with van der Waals surface area (Å²) in [4.78, 5) is 35.4. The maximum atomic E-state index is 13.3. The Hall–Kier alpha value is -4.46. The largest absolute Gasteiger partial charge is 0.508 e. The minimum Gasteiger partial charge on any atom is -0.508 e. The highest BCUT2D eigenvalue weighted by Crippen LogP contribution is 2.48. The third kappa shape index (κ3) is 3.71. The standard InChI is InChI=1S/C25H20N4O4/c26-23(31)25(11-12-25)24(32)29(16-4-2-1-3-5-16)22-9-7-18(15-28-22)33-21-10-13-27-20-14-17(30)6-8-19(20)21/h1-10,13-15,30H,11-12H2,(H2,26,31). The highest BCUT2D eigenvalue weighted by atomic mass is 16.5. The normalized spacial score (nSPS) is 13.9. The number of fused-ring (bicyclic) bond motifs is 1. The first-order valence-corrected chi connectivity index (χ1v) is 10.4. The van der Waals surface area contributed by atoms with Crippen molar-refractivity contribution in [3.05, 3.63) is 79.1 Å². The molecule has 0 aliphatic heterocycles. The topological polar surface area (TPSA) is 119 Å². The van der Waals surface area contributed by atoms with Gasteiger partial charge in [-0.15, -0.1) is 0 Å². The minimum atomic E-state index is -1.19. The summed E-state index contributed by atoms with van der Waals surface area (Å²) in [6, 6.07) is 18.9. The Morgan fingerprint density at radius 1 is 1.00 bits per heavy atom. The average Bonchev–Trinajstić information content (AvgIpc) is 3.63. The molecule has 1 fully saturated rings. The van der Waals surface area contributed by atoms with E-state index in [0.717, 1.165) is 5.39 Å². The molecule has 3 N–H and O–H groups in total. The van der Waals surface area contributed by atoms with E-state index >= 15 is 0 Å². The summed E-state index contributed by atoms with van der Waals surface area (Å²) >= 11 is 0. The van der Waals surface area contributed by atoms with Gasteiger partial charge in [0, 0.05) is 17.6 Å². The van der Waals surface area contributed by atoms with Gasteiger partial charge in [0.1, 0.15) is 28.5 Å². The molecule has 0 atom stereocenters. The Labute approximate surface area is 189 Å². The van der Waals surface area contributed by atoms with Crippen LogP contribution in [-0.2, 0) is 9.59 Å². The maximum Gasteiger partial charge on any atom is 0.248 e. The molecule has 164 valence electrons. The summed E-state index contributed by atoms with van der Waals surface area (Å²) in [5, 5.41) is 10.4. The van der Waals surface area contributed by atoms with E-state index in [1.54, 1.807) is 54.7 Å². The predicted molar refractivity (Wildman–Crippen MR) is 122 cm³/mol. The fourth-order valence-corrected chi connectivity index (χ4v) is 3.73. The number of hydrogen-bond acceptors (Lipinski definition) is 6. The number of nitrogens with two attached hydrogens (primary N) is 1. The number of anilines is 2. The van der Waals surface area contributed by atoms with E-state index in [-0.39, 0.29) is 11.7 Å². The third-order valence-electron chi connectivity index (χ3n) is 5.71. The minimum absolute atomic E-state index is 0.119. The zero-order valence-corrected chi connectivity index (χ0v) is 17.5. The number of benzene rings is 2. The average molecular weight is 440 g/mol. The van der Waals surface area contributed by atoms with Crippen LogP contribution in [0.15, 0.2) is 79.1 Å². The van der Waals surface area contributed by atoms with Crippen molar-refractivity contribution in [3.63, 3.8) is 0 Å². The second-order valence-electron chi connectivity index (χ2n) is 7.89. The molecule has 2 aromatic heterocycles. The summed E-state index contributed by atoms with van der Waals surface area (Å²) in [5.74, 6) is 0.474. The molecule has 0 bridgehead atoms. The number of aromatic nitrogens is 2. The molecular formula is C25H20N4O4. The van der Waals surface area contributed by atoms with Crippen molar-refractivity contribution in [2.75, 3.05) is 4.90 Å². The molecular weight excluding hydrogens is 420 g/mol. The summed E-state index contributed by atoms with van der Waals surface area (Å²) in [6.45, 7) is 0. The van der Waals surface area contributed by atoms with Gasteiger partial charge in [0.2, 0.25) is 11.8 Å². The van der Waals surface area contributed by atoms with Crippen molar-refractivity contribution < 1.29 is 19.4 Å². The number of hydrogen-bond donors (Lipinski definition) is 2. The molecule has 8 nitrogen and oxygen atoms in total. The van der Waals surface area contributed by atoms with Crippen LogP contribution < -0.4 is 15.4 Å². The molecule has 0 saturated heterocycles. The van der Waals surface area contributed by atoms with Crippen LogP contribution in [0.3, 0.4) is 0 Å². The number of phenols is 1. The van der Waals surface area contributed by atoms with Crippen LogP contribution in [0.4, 0.5) is 11.5 Å². The lowest BCUT2D eigenvalue weighted by Gasteiger charge is -2.25. The number of carbonyl (C=O) groups is 2. The van der Waals surface area contributed by atoms with Crippen LogP contribution >= 0.6 is 0 Å². The van der Waals surface area contributed by atoms with E-state index in [9.17, 15) is 14.7 Å². The van der Waals surface area contributed by atoms with E-state index in [0.29, 0.717) is 41.4 Å². The van der Waals surface area contributed by atoms with Gasteiger partial charge in [-0.25, -0.2) is 4.98 Å². The van der Waals surface area contributed by atoms with Gasteiger partial charge in [0.05, 0.1) is 17.4 Å². The highest BCUT2D eigenvalue weighted by Gasteiger charge is 2.57. The van der Waals surface area contributed by atoms with Crippen LogP contribution in [-0.4, -0.2) is 26.9 Å². The van der Waals surface area contributed by atoms with Crippen molar-refractivity contribution in [2.45, 2.75) is 12.8 Å². The second-order valence-corrected chi connectivity index (χ2v) is 7.89. The van der Waals surface area contributed by atoms with Crippen LogP contribution in [0.25, 0.3) is 10.9 Å². The fourth-order valence-electron chi connectivity index (χ4n) is 3.73. The summed E-state index contributed by atoms with van der Waals surface area (Å²) in [5.41, 5.74) is 5.55. The molecule has 2 amide bonds. The third-order valence-corrected chi connectivity index (χ3v) is 5.71. The van der Waals surface area contributed by atoms with Gasteiger partial charge in [-0.1, -0.05) is 18.2 Å². The van der Waals surface area contributed by atoms with Gasteiger partial charge in [-0.3, -0.25) is 19.5 Å². The van der Waals surface area contributed by atoms with Gasteiger partial charge < -0.3 is 15.6 Å². The molecule has 1 saturated carbocycles. The molecule has 0 radical (unpaired) electrons. The van der Waals surface area contributed by atoms with Gasteiger partial charge in [0.15, 0.2) is 0 Å². The number of ether oxygens (including phenoxy) is 1. The number of para-hydroxylation sites is 1.